The molecule has 0 bridgehead atoms. The first-order valence-electron chi connectivity index (χ1n) is 4.99. The molecular formula is C11H22O. The van der Waals surface area contributed by atoms with Crippen molar-refractivity contribution in [2.45, 2.75) is 47.0 Å². The lowest BCUT2D eigenvalue weighted by Gasteiger charge is -2.18. The van der Waals surface area contributed by atoms with Gasteiger partial charge >= 0.3 is 0 Å². The van der Waals surface area contributed by atoms with Gasteiger partial charge in [0.15, 0.2) is 0 Å². The monoisotopic (exact) mass is 170 g/mol. The maximum absolute atomic E-state index is 10.4. The molecule has 12 heavy (non-hydrogen) atoms. The molecule has 1 heteroatoms. The molecule has 0 aliphatic carbocycles. The maximum atomic E-state index is 10.4. The largest absolute Gasteiger partial charge is 0.303 e. The van der Waals surface area contributed by atoms with Crippen LogP contribution in [-0.4, -0.2) is 6.29 Å². The highest BCUT2D eigenvalue weighted by molar-refractivity contribution is 5.49. The van der Waals surface area contributed by atoms with Crippen molar-refractivity contribution in [3.63, 3.8) is 0 Å². The molecule has 1 nitrogen and oxygen atoms in total. The Hall–Kier alpha value is -0.330. The van der Waals surface area contributed by atoms with E-state index in [1.54, 1.807) is 0 Å². The molecule has 0 spiro atoms. The lowest BCUT2D eigenvalue weighted by atomic mass is 9.87. The quantitative estimate of drug-likeness (QED) is 0.559. The first-order chi connectivity index (χ1) is 5.56. The molecule has 0 rings (SSSR count). The van der Waals surface area contributed by atoms with Crippen LogP contribution in [-0.2, 0) is 4.79 Å². The van der Waals surface area contributed by atoms with E-state index in [-0.39, 0.29) is 0 Å². The Kier molecular flexibility index (Phi) is 6.04. The normalized spacial score (nSPS) is 11.6. The van der Waals surface area contributed by atoms with Gasteiger partial charge in [0.05, 0.1) is 0 Å². The molecule has 0 N–H and O–H groups in total. The molecule has 0 amide bonds. The van der Waals surface area contributed by atoms with E-state index in [0.29, 0.717) is 17.8 Å². The summed E-state index contributed by atoms with van der Waals surface area (Å²) in [6.45, 7) is 8.88. The van der Waals surface area contributed by atoms with E-state index < -0.39 is 0 Å². The smallest absolute Gasteiger partial charge is 0.120 e. The average Bonchev–Trinajstić information content (AvgIpc) is 1.84. The van der Waals surface area contributed by atoms with Crippen LogP contribution < -0.4 is 0 Å². The summed E-state index contributed by atoms with van der Waals surface area (Å²) in [5.74, 6) is 2.05. The minimum Gasteiger partial charge on any atom is -0.303 e. The van der Waals surface area contributed by atoms with Crippen LogP contribution in [0.4, 0.5) is 0 Å². The fourth-order valence-corrected chi connectivity index (χ4v) is 1.76. The van der Waals surface area contributed by atoms with Crippen molar-refractivity contribution in [2.24, 2.45) is 17.8 Å². The zero-order valence-electron chi connectivity index (χ0n) is 8.84. The number of carbonyl (C=O) groups is 1. The van der Waals surface area contributed by atoms with Crippen LogP contribution in [0.15, 0.2) is 0 Å². The summed E-state index contributed by atoms with van der Waals surface area (Å²) in [7, 11) is 0. The van der Waals surface area contributed by atoms with Gasteiger partial charge in [-0.05, 0) is 30.6 Å². The van der Waals surface area contributed by atoms with Gasteiger partial charge < -0.3 is 4.79 Å². The summed E-state index contributed by atoms with van der Waals surface area (Å²) >= 11 is 0. The fourth-order valence-electron chi connectivity index (χ4n) is 1.76. The molecule has 0 heterocycles. The van der Waals surface area contributed by atoms with E-state index in [1.807, 2.05) is 0 Å². The maximum Gasteiger partial charge on any atom is 0.120 e. The summed E-state index contributed by atoms with van der Waals surface area (Å²) in [4.78, 5) is 10.4. The number of carbonyl (C=O) groups excluding carboxylic acids is 1. The first kappa shape index (κ1) is 11.7. The second kappa shape index (κ2) is 6.22. The van der Waals surface area contributed by atoms with Gasteiger partial charge in [0.1, 0.15) is 6.29 Å². The van der Waals surface area contributed by atoms with Crippen LogP contribution in [0.1, 0.15) is 47.0 Å². The summed E-state index contributed by atoms with van der Waals surface area (Å²) in [6, 6.07) is 0. The van der Waals surface area contributed by atoms with Crippen molar-refractivity contribution in [1.82, 2.24) is 0 Å². The third-order valence-corrected chi connectivity index (χ3v) is 2.04. The first-order valence-corrected chi connectivity index (χ1v) is 4.99. The zero-order valence-corrected chi connectivity index (χ0v) is 8.84. The Labute approximate surface area is 76.6 Å². The predicted molar refractivity (Wildman–Crippen MR) is 53.1 cm³/mol. The van der Waals surface area contributed by atoms with Crippen molar-refractivity contribution in [2.75, 3.05) is 0 Å². The number of aldehydes is 1. The minimum atomic E-state index is 0.613. The van der Waals surface area contributed by atoms with Gasteiger partial charge in [0.2, 0.25) is 0 Å². The molecule has 0 unspecified atom stereocenters. The SMILES string of the molecule is CC(C)CC(CC=O)CC(C)C. The molecule has 0 atom stereocenters. The third-order valence-electron chi connectivity index (χ3n) is 2.04. The lowest BCUT2D eigenvalue weighted by molar-refractivity contribution is -0.108. The van der Waals surface area contributed by atoms with Crippen molar-refractivity contribution in [3.05, 3.63) is 0 Å². The van der Waals surface area contributed by atoms with Crippen molar-refractivity contribution in [1.29, 1.82) is 0 Å². The predicted octanol–water partition coefficient (Wildman–Crippen LogP) is 3.28. The highest BCUT2D eigenvalue weighted by atomic mass is 16.1. The topological polar surface area (TPSA) is 17.1 Å². The molecule has 0 saturated carbocycles. The van der Waals surface area contributed by atoms with E-state index in [9.17, 15) is 4.79 Å². The number of hydrogen-bond donors (Lipinski definition) is 0. The Morgan fingerprint density at radius 1 is 1.00 bits per heavy atom. The molecule has 0 aromatic heterocycles. The van der Waals surface area contributed by atoms with Gasteiger partial charge in [-0.15, -0.1) is 0 Å². The second-order valence-corrected chi connectivity index (χ2v) is 4.53. The van der Waals surface area contributed by atoms with Crippen molar-refractivity contribution >= 4 is 6.29 Å². The van der Waals surface area contributed by atoms with Gasteiger partial charge in [-0.25, -0.2) is 0 Å². The Morgan fingerprint density at radius 3 is 1.67 bits per heavy atom. The Morgan fingerprint density at radius 2 is 1.42 bits per heavy atom. The van der Waals surface area contributed by atoms with E-state index in [0.717, 1.165) is 12.7 Å². The molecule has 0 aromatic rings. The average molecular weight is 170 g/mol. The van der Waals surface area contributed by atoms with Gasteiger partial charge in [0, 0.05) is 6.42 Å². The molecule has 0 aliphatic rings. The second-order valence-electron chi connectivity index (χ2n) is 4.53. The van der Waals surface area contributed by atoms with Crippen LogP contribution in [0.3, 0.4) is 0 Å². The van der Waals surface area contributed by atoms with Gasteiger partial charge in [-0.2, -0.15) is 0 Å². The summed E-state index contributed by atoms with van der Waals surface area (Å²) in [6.07, 6.45) is 4.19. The summed E-state index contributed by atoms with van der Waals surface area (Å²) in [5.41, 5.74) is 0. The van der Waals surface area contributed by atoms with Crippen molar-refractivity contribution < 1.29 is 4.79 Å². The zero-order chi connectivity index (χ0) is 9.56. The minimum absolute atomic E-state index is 0.613. The van der Waals surface area contributed by atoms with Crippen LogP contribution in [0, 0.1) is 17.8 Å². The molecule has 0 saturated heterocycles. The van der Waals surface area contributed by atoms with Gasteiger partial charge in [-0.3, -0.25) is 0 Å². The van der Waals surface area contributed by atoms with E-state index in [2.05, 4.69) is 27.7 Å². The lowest BCUT2D eigenvalue weighted by Crippen LogP contribution is -2.08. The number of rotatable bonds is 6. The summed E-state index contributed by atoms with van der Waals surface area (Å²) in [5, 5.41) is 0. The standard InChI is InChI=1S/C11H22O/c1-9(2)7-11(5-6-12)8-10(3)4/h6,9-11H,5,7-8H2,1-4H3. The highest BCUT2D eigenvalue weighted by Gasteiger charge is 2.11. The molecule has 0 fully saturated rings. The molecule has 0 aliphatic heterocycles. The van der Waals surface area contributed by atoms with E-state index in [1.165, 1.54) is 12.8 Å². The van der Waals surface area contributed by atoms with E-state index in [4.69, 9.17) is 0 Å². The molecule has 0 radical (unpaired) electrons. The Balaban J connectivity index is 3.77. The van der Waals surface area contributed by atoms with Gasteiger partial charge in [0.25, 0.3) is 0 Å². The van der Waals surface area contributed by atoms with Crippen molar-refractivity contribution in [3.8, 4) is 0 Å². The number of hydrogen-bond acceptors (Lipinski definition) is 1. The van der Waals surface area contributed by atoms with E-state index >= 15 is 0 Å². The van der Waals surface area contributed by atoms with Crippen LogP contribution in [0.25, 0.3) is 0 Å². The van der Waals surface area contributed by atoms with Crippen LogP contribution in [0.2, 0.25) is 0 Å². The Bertz CT molecular complexity index is 106. The third kappa shape index (κ3) is 6.38. The van der Waals surface area contributed by atoms with Crippen LogP contribution in [0.5, 0.6) is 0 Å². The van der Waals surface area contributed by atoms with Crippen LogP contribution >= 0.6 is 0 Å². The molecular weight excluding hydrogens is 148 g/mol. The molecule has 0 aromatic carbocycles. The summed E-state index contributed by atoms with van der Waals surface area (Å²) < 4.78 is 0. The van der Waals surface area contributed by atoms with Gasteiger partial charge in [-0.1, -0.05) is 27.7 Å². The highest BCUT2D eigenvalue weighted by Crippen LogP contribution is 2.21. The fraction of sp³-hybridized carbons (Fsp3) is 0.909. The molecule has 72 valence electrons.